The normalized spacial score (nSPS) is 21.7. The summed E-state index contributed by atoms with van der Waals surface area (Å²) in [5.41, 5.74) is 7.46. The van der Waals surface area contributed by atoms with Crippen molar-refractivity contribution in [2.24, 2.45) is 5.73 Å². The van der Waals surface area contributed by atoms with E-state index in [1.54, 1.807) is 24.3 Å². The molecule has 4 heterocycles. The van der Waals surface area contributed by atoms with Crippen LogP contribution in [0.2, 0.25) is 0 Å². The third-order valence-corrected chi connectivity index (χ3v) is 7.78. The first-order valence-electron chi connectivity index (χ1n) is 14.9. The van der Waals surface area contributed by atoms with Gasteiger partial charge in [0.25, 0.3) is 0 Å². The maximum atomic E-state index is 14.4. The highest BCUT2D eigenvalue weighted by Crippen LogP contribution is 2.29. The Morgan fingerprint density at radius 1 is 0.800 bits per heavy atom. The molecule has 13 nitrogen and oxygen atoms in total. The number of rotatable bonds is 7. The number of hydrogen-bond donors (Lipinski definition) is 2. The quantitative estimate of drug-likeness (QED) is 0.467. The number of morpholine rings is 2. The maximum absolute atomic E-state index is 14.4. The fourth-order valence-corrected chi connectivity index (χ4v) is 5.40. The number of nitrogens with two attached hydrogens (primary N) is 1. The van der Waals surface area contributed by atoms with Crippen LogP contribution in [-0.4, -0.2) is 109 Å². The molecule has 4 aliphatic heterocycles. The second-order valence-electron chi connectivity index (χ2n) is 10.9. The van der Waals surface area contributed by atoms with Gasteiger partial charge < -0.3 is 39.8 Å². The van der Waals surface area contributed by atoms with Gasteiger partial charge in [-0.25, -0.2) is 18.4 Å². The number of benzene rings is 2. The summed E-state index contributed by atoms with van der Waals surface area (Å²) in [6, 6.07) is 9.51. The second-order valence-corrected chi connectivity index (χ2v) is 10.9. The molecule has 0 spiro atoms. The molecule has 0 saturated carbocycles. The molecule has 15 heteroatoms. The van der Waals surface area contributed by atoms with Crippen molar-refractivity contribution in [3.63, 3.8) is 0 Å². The van der Waals surface area contributed by atoms with Gasteiger partial charge in [0.05, 0.1) is 68.8 Å². The first-order valence-corrected chi connectivity index (χ1v) is 14.9. The van der Waals surface area contributed by atoms with Gasteiger partial charge in [0.1, 0.15) is 23.8 Å². The Kier molecular flexibility index (Phi) is 10.5. The molecule has 0 aliphatic carbocycles. The molecule has 4 aliphatic rings. The van der Waals surface area contributed by atoms with E-state index in [4.69, 9.17) is 24.7 Å². The first-order chi connectivity index (χ1) is 21.7. The monoisotopic (exact) mass is 632 g/mol. The summed E-state index contributed by atoms with van der Waals surface area (Å²) in [7, 11) is 0. The number of carbonyl (C=O) groups is 3. The van der Waals surface area contributed by atoms with Crippen molar-refractivity contribution >= 4 is 40.8 Å². The molecule has 6 rings (SSSR count). The Hall–Kier alpha value is -4.21. The molecule has 4 saturated heterocycles. The lowest BCUT2D eigenvalue weighted by Gasteiger charge is -2.29. The van der Waals surface area contributed by atoms with Gasteiger partial charge in [-0.1, -0.05) is 0 Å². The Labute approximate surface area is 259 Å². The van der Waals surface area contributed by atoms with Crippen molar-refractivity contribution in [3.8, 4) is 0 Å². The molecule has 0 aromatic heterocycles. The van der Waals surface area contributed by atoms with E-state index >= 15 is 0 Å². The van der Waals surface area contributed by atoms with Crippen LogP contribution in [0.25, 0.3) is 0 Å². The van der Waals surface area contributed by atoms with Crippen LogP contribution < -0.4 is 30.7 Å². The van der Waals surface area contributed by atoms with Crippen LogP contribution in [0.1, 0.15) is 6.92 Å². The predicted molar refractivity (Wildman–Crippen MR) is 162 cm³/mol. The van der Waals surface area contributed by atoms with Gasteiger partial charge in [-0.2, -0.15) is 0 Å². The van der Waals surface area contributed by atoms with Gasteiger partial charge in [0.2, 0.25) is 5.91 Å². The molecule has 0 bridgehead atoms. The largest absolute Gasteiger partial charge is 0.443 e. The number of cyclic esters (lactones) is 2. The molecular formula is C30H38F2N6O7. The number of hydrogen-bond acceptors (Lipinski definition) is 10. The highest BCUT2D eigenvalue weighted by atomic mass is 19.1. The summed E-state index contributed by atoms with van der Waals surface area (Å²) in [5.74, 6) is -0.920. The molecule has 3 N–H and O–H groups in total. The van der Waals surface area contributed by atoms with E-state index in [-0.39, 0.29) is 43.3 Å². The lowest BCUT2D eigenvalue weighted by Crippen LogP contribution is -2.36. The van der Waals surface area contributed by atoms with Gasteiger partial charge in [0.15, 0.2) is 0 Å². The average Bonchev–Trinajstić information content (AvgIpc) is 3.62. The summed E-state index contributed by atoms with van der Waals surface area (Å²) in [6.07, 6.45) is -1.80. The fraction of sp³-hybridized carbons (Fsp3) is 0.500. The number of anilines is 4. The third-order valence-electron chi connectivity index (χ3n) is 7.78. The number of carbonyl (C=O) groups excluding carboxylic acids is 3. The van der Waals surface area contributed by atoms with Crippen LogP contribution in [0.4, 0.5) is 41.1 Å². The van der Waals surface area contributed by atoms with E-state index in [9.17, 15) is 23.2 Å². The van der Waals surface area contributed by atoms with Gasteiger partial charge in [-0.3, -0.25) is 14.6 Å². The molecule has 45 heavy (non-hydrogen) atoms. The van der Waals surface area contributed by atoms with Crippen molar-refractivity contribution < 1.29 is 42.1 Å². The van der Waals surface area contributed by atoms with E-state index in [0.29, 0.717) is 81.9 Å². The predicted octanol–water partition coefficient (Wildman–Crippen LogP) is 2.07. The molecule has 2 aromatic carbocycles. The standard InChI is InChI=1S/C16H20FN3O4.C14H18FN3O3/c1-11(21)18-9-13-10-20(16(22)24-13)12-2-3-15(14(17)8-12)19-4-6-23-7-5-19;15-12-7-10(18-9-11(8-16)21-14(18)19)1-2-13(12)17-3-5-20-6-4-17/h2-3,8,13H,4-7,9-10H2,1H3,(H,18,21);1-2,7,11H,3-6,8-9,16H2/t13-;11-/m00/s1. The van der Waals surface area contributed by atoms with Crippen LogP contribution in [0.3, 0.4) is 0 Å². The lowest BCUT2D eigenvalue weighted by atomic mass is 10.2. The third kappa shape index (κ3) is 7.90. The second kappa shape index (κ2) is 14.7. The highest BCUT2D eigenvalue weighted by molar-refractivity contribution is 5.90. The number of halogens is 2. The molecule has 0 unspecified atom stereocenters. The van der Waals surface area contributed by atoms with Crippen molar-refractivity contribution in [2.45, 2.75) is 19.1 Å². The molecular weight excluding hydrogens is 594 g/mol. The van der Waals surface area contributed by atoms with Crippen LogP contribution >= 0.6 is 0 Å². The molecule has 3 amide bonds. The van der Waals surface area contributed by atoms with Crippen molar-refractivity contribution in [2.75, 3.05) is 98.4 Å². The minimum atomic E-state index is -0.538. The molecule has 4 fully saturated rings. The smallest absolute Gasteiger partial charge is 0.414 e. The number of nitrogens with one attached hydrogen (secondary N) is 1. The zero-order valence-corrected chi connectivity index (χ0v) is 25.1. The van der Waals surface area contributed by atoms with E-state index in [0.717, 1.165) is 0 Å². The van der Waals surface area contributed by atoms with Crippen molar-refractivity contribution in [3.05, 3.63) is 48.0 Å². The summed E-state index contributed by atoms with van der Waals surface area (Å²) in [6.45, 7) is 7.47. The average molecular weight is 633 g/mol. The minimum Gasteiger partial charge on any atom is -0.443 e. The van der Waals surface area contributed by atoms with Gasteiger partial charge in [-0.05, 0) is 36.4 Å². The summed E-state index contributed by atoms with van der Waals surface area (Å²) >= 11 is 0. The summed E-state index contributed by atoms with van der Waals surface area (Å²) in [5, 5.41) is 2.61. The molecule has 2 aromatic rings. The number of nitrogens with zero attached hydrogens (tertiary/aromatic N) is 4. The van der Waals surface area contributed by atoms with Crippen LogP contribution in [0.5, 0.6) is 0 Å². The van der Waals surface area contributed by atoms with E-state index in [1.165, 1.54) is 28.9 Å². The Morgan fingerprint density at radius 3 is 1.64 bits per heavy atom. The topological polar surface area (TPSA) is 139 Å². The SMILES string of the molecule is CC(=O)NC[C@H]1CN(c2ccc(N3CCOCC3)c(F)c2)C(=O)O1.NC[C@H]1CN(c2ccc(N3CCOCC3)c(F)c2)C(=O)O1. The van der Waals surface area contributed by atoms with E-state index < -0.39 is 18.3 Å². The van der Waals surface area contributed by atoms with Gasteiger partial charge in [-0.15, -0.1) is 0 Å². The van der Waals surface area contributed by atoms with Crippen molar-refractivity contribution in [1.82, 2.24) is 5.32 Å². The van der Waals surface area contributed by atoms with Crippen LogP contribution in [-0.2, 0) is 23.7 Å². The van der Waals surface area contributed by atoms with E-state index in [2.05, 4.69) is 5.32 Å². The van der Waals surface area contributed by atoms with Crippen LogP contribution in [0.15, 0.2) is 36.4 Å². The fourth-order valence-electron chi connectivity index (χ4n) is 5.40. The van der Waals surface area contributed by atoms with Crippen molar-refractivity contribution in [1.29, 1.82) is 0 Å². The summed E-state index contributed by atoms with van der Waals surface area (Å²) < 4.78 is 49.5. The maximum Gasteiger partial charge on any atom is 0.414 e. The zero-order valence-electron chi connectivity index (χ0n) is 25.1. The Bertz CT molecular complexity index is 1370. The number of ether oxygens (including phenoxy) is 4. The minimum absolute atomic E-state index is 0.189. The lowest BCUT2D eigenvalue weighted by molar-refractivity contribution is -0.119. The first kappa shape index (κ1) is 32.2. The summed E-state index contributed by atoms with van der Waals surface area (Å²) in [4.78, 5) is 41.3. The highest BCUT2D eigenvalue weighted by Gasteiger charge is 2.33. The molecule has 244 valence electrons. The molecule has 0 radical (unpaired) electrons. The van der Waals surface area contributed by atoms with Gasteiger partial charge in [0, 0.05) is 39.6 Å². The Balaban J connectivity index is 0.000000179. The van der Waals surface area contributed by atoms with Gasteiger partial charge >= 0.3 is 12.2 Å². The zero-order chi connectivity index (χ0) is 31.9. The van der Waals surface area contributed by atoms with E-state index in [1.807, 2.05) is 9.80 Å². The molecule has 2 atom stereocenters. The number of amides is 3. The Morgan fingerprint density at radius 2 is 1.24 bits per heavy atom. The van der Waals surface area contributed by atoms with Crippen LogP contribution in [0, 0.1) is 11.6 Å².